The van der Waals surface area contributed by atoms with Crippen LogP contribution in [0, 0.1) is 5.92 Å². The molecule has 3 rings (SSSR count). The van der Waals surface area contributed by atoms with E-state index in [9.17, 15) is 4.79 Å². The smallest absolute Gasteiger partial charge is 0.283 e. The Morgan fingerprint density at radius 3 is 2.85 bits per heavy atom. The van der Waals surface area contributed by atoms with Gasteiger partial charge in [-0.25, -0.2) is 4.68 Å². The van der Waals surface area contributed by atoms with Gasteiger partial charge < -0.3 is 10.6 Å². The first-order valence-electron chi connectivity index (χ1n) is 7.43. The van der Waals surface area contributed by atoms with Crippen molar-refractivity contribution in [3.05, 3.63) is 21.0 Å². The Morgan fingerprint density at radius 1 is 1.35 bits per heavy atom. The number of halogens is 1. The Morgan fingerprint density at radius 2 is 2.15 bits per heavy atom. The standard InChI is InChI=1S/C14H21BrN4O/c15-13-12(18-6-2-1-3-11(18)7-16)8-17-19(14(13)20)9-10-4-5-10/h8,10-11H,1-7,9,16H2. The lowest BCUT2D eigenvalue weighted by Gasteiger charge is -2.37. The lowest BCUT2D eigenvalue weighted by atomic mass is 10.0. The molecule has 1 saturated carbocycles. The fourth-order valence-corrected chi connectivity index (χ4v) is 3.43. The molecule has 0 bridgehead atoms. The highest BCUT2D eigenvalue weighted by Crippen LogP contribution is 2.31. The zero-order valence-corrected chi connectivity index (χ0v) is 13.2. The quantitative estimate of drug-likeness (QED) is 0.906. The van der Waals surface area contributed by atoms with E-state index in [1.54, 1.807) is 4.68 Å². The average Bonchev–Trinajstić information content (AvgIpc) is 3.28. The maximum absolute atomic E-state index is 12.4. The first-order valence-corrected chi connectivity index (χ1v) is 8.22. The topological polar surface area (TPSA) is 64.2 Å². The summed E-state index contributed by atoms with van der Waals surface area (Å²) in [6.45, 7) is 2.32. The van der Waals surface area contributed by atoms with Crippen molar-refractivity contribution in [3.63, 3.8) is 0 Å². The van der Waals surface area contributed by atoms with Crippen LogP contribution in [0.2, 0.25) is 0 Å². The third-order valence-corrected chi connectivity index (χ3v) is 5.05. The molecule has 0 amide bonds. The van der Waals surface area contributed by atoms with Gasteiger partial charge in [0, 0.05) is 25.7 Å². The number of hydrogen-bond donors (Lipinski definition) is 1. The van der Waals surface area contributed by atoms with Crippen LogP contribution in [0.3, 0.4) is 0 Å². The predicted molar refractivity (Wildman–Crippen MR) is 83.0 cm³/mol. The normalized spacial score (nSPS) is 23.1. The van der Waals surface area contributed by atoms with Crippen LogP contribution in [0.4, 0.5) is 5.69 Å². The highest BCUT2D eigenvalue weighted by molar-refractivity contribution is 9.10. The van der Waals surface area contributed by atoms with Crippen molar-refractivity contribution in [1.82, 2.24) is 9.78 Å². The minimum Gasteiger partial charge on any atom is -0.365 e. The zero-order chi connectivity index (χ0) is 14.1. The fraction of sp³-hybridized carbons (Fsp3) is 0.714. The molecule has 1 atom stereocenters. The number of anilines is 1. The molecule has 0 radical (unpaired) electrons. The predicted octanol–water partition coefficient (Wildman–Crippen LogP) is 1.73. The van der Waals surface area contributed by atoms with Gasteiger partial charge in [-0.2, -0.15) is 5.10 Å². The third-order valence-electron chi connectivity index (χ3n) is 4.30. The number of hydrogen-bond acceptors (Lipinski definition) is 4. The van der Waals surface area contributed by atoms with E-state index in [1.165, 1.54) is 19.3 Å². The minimum absolute atomic E-state index is 0.0178. The largest absolute Gasteiger partial charge is 0.365 e. The van der Waals surface area contributed by atoms with E-state index < -0.39 is 0 Å². The molecular weight excluding hydrogens is 320 g/mol. The minimum atomic E-state index is -0.0178. The molecule has 6 heteroatoms. The van der Waals surface area contributed by atoms with Crippen LogP contribution in [-0.4, -0.2) is 28.9 Å². The van der Waals surface area contributed by atoms with Gasteiger partial charge in [0.15, 0.2) is 0 Å². The molecular formula is C14H21BrN4O. The molecule has 0 spiro atoms. The van der Waals surface area contributed by atoms with Gasteiger partial charge in [-0.3, -0.25) is 4.79 Å². The molecule has 2 aliphatic rings. The van der Waals surface area contributed by atoms with Crippen molar-refractivity contribution in [2.45, 2.75) is 44.7 Å². The van der Waals surface area contributed by atoms with Gasteiger partial charge in [-0.05, 0) is 54.0 Å². The second-order valence-electron chi connectivity index (χ2n) is 5.85. The van der Waals surface area contributed by atoms with Crippen LogP contribution in [0.1, 0.15) is 32.1 Å². The molecule has 0 aromatic carbocycles. The van der Waals surface area contributed by atoms with Crippen molar-refractivity contribution >= 4 is 21.6 Å². The van der Waals surface area contributed by atoms with Gasteiger partial charge in [0.05, 0.1) is 11.9 Å². The molecule has 20 heavy (non-hydrogen) atoms. The van der Waals surface area contributed by atoms with Gasteiger partial charge in [-0.1, -0.05) is 0 Å². The van der Waals surface area contributed by atoms with Crippen LogP contribution in [-0.2, 0) is 6.54 Å². The van der Waals surface area contributed by atoms with E-state index in [0.29, 0.717) is 23.0 Å². The number of aromatic nitrogens is 2. The molecule has 1 aromatic heterocycles. The van der Waals surface area contributed by atoms with Crippen LogP contribution in [0.25, 0.3) is 0 Å². The zero-order valence-electron chi connectivity index (χ0n) is 11.6. The summed E-state index contributed by atoms with van der Waals surface area (Å²) in [6, 6.07) is 0.320. The van der Waals surface area contributed by atoms with Gasteiger partial charge in [-0.15, -0.1) is 0 Å². The highest BCUT2D eigenvalue weighted by atomic mass is 79.9. The van der Waals surface area contributed by atoms with E-state index in [0.717, 1.165) is 31.6 Å². The van der Waals surface area contributed by atoms with Crippen molar-refractivity contribution in [2.24, 2.45) is 11.7 Å². The van der Waals surface area contributed by atoms with Gasteiger partial charge in [0.2, 0.25) is 0 Å². The second-order valence-corrected chi connectivity index (χ2v) is 6.65. The summed E-state index contributed by atoms with van der Waals surface area (Å²) >= 11 is 3.48. The van der Waals surface area contributed by atoms with Gasteiger partial charge in [0.1, 0.15) is 4.47 Å². The summed E-state index contributed by atoms with van der Waals surface area (Å²) in [6.07, 6.45) is 7.70. The Labute approximate surface area is 127 Å². The molecule has 1 aliphatic heterocycles. The van der Waals surface area contributed by atoms with Gasteiger partial charge in [0.25, 0.3) is 5.56 Å². The van der Waals surface area contributed by atoms with E-state index in [2.05, 4.69) is 25.9 Å². The van der Waals surface area contributed by atoms with Crippen molar-refractivity contribution in [1.29, 1.82) is 0 Å². The molecule has 2 N–H and O–H groups in total. The highest BCUT2D eigenvalue weighted by Gasteiger charge is 2.26. The number of piperidine rings is 1. The first kappa shape index (κ1) is 14.1. The maximum atomic E-state index is 12.4. The summed E-state index contributed by atoms with van der Waals surface area (Å²) in [5, 5.41) is 4.35. The average molecular weight is 341 g/mol. The first-order chi connectivity index (χ1) is 9.70. The van der Waals surface area contributed by atoms with Crippen LogP contribution in [0.15, 0.2) is 15.5 Å². The fourth-order valence-electron chi connectivity index (χ4n) is 2.89. The number of rotatable bonds is 4. The van der Waals surface area contributed by atoms with Crippen molar-refractivity contribution in [3.8, 4) is 0 Å². The molecule has 1 aliphatic carbocycles. The Hall–Kier alpha value is -0.880. The summed E-state index contributed by atoms with van der Waals surface area (Å²) in [5.74, 6) is 0.643. The SMILES string of the molecule is NCC1CCCCN1c1cnn(CC2CC2)c(=O)c1Br. The molecule has 5 nitrogen and oxygen atoms in total. The van der Waals surface area contributed by atoms with Crippen molar-refractivity contribution in [2.75, 3.05) is 18.0 Å². The molecule has 2 heterocycles. The number of nitrogens with zero attached hydrogens (tertiary/aromatic N) is 3. The molecule has 1 unspecified atom stereocenters. The van der Waals surface area contributed by atoms with E-state index in [-0.39, 0.29) is 5.56 Å². The lowest BCUT2D eigenvalue weighted by Crippen LogP contribution is -2.45. The maximum Gasteiger partial charge on any atom is 0.283 e. The van der Waals surface area contributed by atoms with E-state index in [4.69, 9.17) is 5.73 Å². The van der Waals surface area contributed by atoms with Crippen LogP contribution < -0.4 is 16.2 Å². The van der Waals surface area contributed by atoms with Crippen LogP contribution in [0.5, 0.6) is 0 Å². The Kier molecular flexibility index (Phi) is 4.12. The third kappa shape index (κ3) is 2.76. The molecule has 2 fully saturated rings. The van der Waals surface area contributed by atoms with Gasteiger partial charge >= 0.3 is 0 Å². The summed E-state index contributed by atoms with van der Waals surface area (Å²) in [4.78, 5) is 14.6. The lowest BCUT2D eigenvalue weighted by molar-refractivity contribution is 0.461. The summed E-state index contributed by atoms with van der Waals surface area (Å²) < 4.78 is 2.22. The van der Waals surface area contributed by atoms with Crippen LogP contribution >= 0.6 is 15.9 Å². The number of nitrogens with two attached hydrogens (primary N) is 1. The molecule has 110 valence electrons. The Balaban J connectivity index is 1.88. The van der Waals surface area contributed by atoms with E-state index >= 15 is 0 Å². The van der Waals surface area contributed by atoms with Crippen molar-refractivity contribution < 1.29 is 0 Å². The molecule has 1 aromatic rings. The van der Waals surface area contributed by atoms with E-state index in [1.807, 2.05) is 6.20 Å². The summed E-state index contributed by atoms with van der Waals surface area (Å²) in [7, 11) is 0. The Bertz CT molecular complexity index is 540. The molecule has 1 saturated heterocycles. The monoisotopic (exact) mass is 340 g/mol. The summed E-state index contributed by atoms with van der Waals surface area (Å²) in [5.41, 5.74) is 6.74. The second kappa shape index (κ2) is 5.85.